The number of amides is 4. The molecule has 0 spiro atoms. The fourth-order valence-electron chi connectivity index (χ4n) is 11.0. The van der Waals surface area contributed by atoms with Gasteiger partial charge < -0.3 is 39.5 Å². The van der Waals surface area contributed by atoms with E-state index in [4.69, 9.17) is 14.2 Å². The predicted molar refractivity (Wildman–Crippen MR) is 289 cm³/mol. The van der Waals surface area contributed by atoms with Crippen molar-refractivity contribution in [1.82, 2.24) is 5.32 Å². The van der Waals surface area contributed by atoms with E-state index in [-0.39, 0.29) is 61.1 Å². The molecule has 0 aromatic heterocycles. The van der Waals surface area contributed by atoms with Crippen LogP contribution in [0.1, 0.15) is 120 Å². The van der Waals surface area contributed by atoms with E-state index < -0.39 is 12.0 Å². The SMILES string of the molecule is CC=NCCCCCCC(=O)N[C@@H](C)C(=O)C[C@@H](C)C(=O)Nc1cc(COc2cc3c(cc2C)C(=O)N2c4ccccc4C[C@H]2CN3C)cc(COc2cc3c(cc2OC)C(=O)N2c4ccccc4C[C@H]2CC3)c1. The number of hydrogen-bond acceptors (Lipinski definition) is 10. The monoisotopic (exact) mass is 1000 g/mol. The number of carbonyl (C=O) groups is 5. The van der Waals surface area contributed by atoms with Crippen LogP contribution >= 0.6 is 0 Å². The van der Waals surface area contributed by atoms with E-state index >= 15 is 0 Å². The van der Waals surface area contributed by atoms with Gasteiger partial charge in [-0.15, -0.1) is 0 Å². The lowest BCUT2D eigenvalue weighted by atomic mass is 9.99. The summed E-state index contributed by atoms with van der Waals surface area (Å²) in [6.07, 6.45) is 8.79. The number of benzene rings is 5. The van der Waals surface area contributed by atoms with Crippen LogP contribution in [0.4, 0.5) is 22.7 Å². The maximum Gasteiger partial charge on any atom is 0.260 e. The minimum atomic E-state index is -0.735. The highest BCUT2D eigenvalue weighted by molar-refractivity contribution is 6.12. The maximum absolute atomic E-state index is 14.2. The Bertz CT molecular complexity index is 2990. The van der Waals surface area contributed by atoms with E-state index in [0.29, 0.717) is 53.4 Å². The number of fused-ring (bicyclic) bond motifs is 8. The molecule has 0 fully saturated rings. The third-order valence-electron chi connectivity index (χ3n) is 14.9. The molecule has 4 aliphatic heterocycles. The molecule has 74 heavy (non-hydrogen) atoms. The van der Waals surface area contributed by atoms with Crippen LogP contribution in [0, 0.1) is 12.8 Å². The molecule has 5 aromatic carbocycles. The molecule has 4 heterocycles. The van der Waals surface area contributed by atoms with Gasteiger partial charge in [0.15, 0.2) is 17.3 Å². The number of aryl methyl sites for hydroxylation is 2. The lowest BCUT2D eigenvalue weighted by Crippen LogP contribution is -2.41. The Kier molecular flexibility index (Phi) is 15.8. The van der Waals surface area contributed by atoms with Gasteiger partial charge in [0.05, 0.1) is 30.4 Å². The van der Waals surface area contributed by atoms with Gasteiger partial charge in [0, 0.05) is 73.6 Å². The Morgan fingerprint density at radius 3 is 2.09 bits per heavy atom. The molecular formula is C60H68N6O8. The normalized spacial score (nSPS) is 17.2. The Labute approximate surface area is 434 Å². The summed E-state index contributed by atoms with van der Waals surface area (Å²) in [5.74, 6) is -0.00662. The van der Waals surface area contributed by atoms with Crippen LogP contribution in [0.25, 0.3) is 0 Å². The minimum absolute atomic E-state index is 0.0104. The second kappa shape index (κ2) is 22.7. The van der Waals surface area contributed by atoms with Crippen LogP contribution in [-0.4, -0.2) is 81.0 Å². The number of hydrogen-bond donors (Lipinski definition) is 2. The van der Waals surface area contributed by atoms with Gasteiger partial charge in [-0.1, -0.05) is 56.2 Å². The van der Waals surface area contributed by atoms with Crippen molar-refractivity contribution in [2.24, 2.45) is 10.9 Å². The third-order valence-corrected chi connectivity index (χ3v) is 14.9. The molecule has 5 aromatic rings. The molecule has 9 rings (SSSR count). The first-order chi connectivity index (χ1) is 35.8. The van der Waals surface area contributed by atoms with Gasteiger partial charge in [0.25, 0.3) is 11.8 Å². The molecule has 386 valence electrons. The van der Waals surface area contributed by atoms with Crippen molar-refractivity contribution in [3.63, 3.8) is 0 Å². The Morgan fingerprint density at radius 1 is 0.743 bits per heavy atom. The standard InChI is InChI=1S/C60H68N6O8/c1-7-61-23-15-9-8-10-20-57(68)62-39(4)53(67)25-38(3)58(69)63-45-27-40(35-73-54-33-52-49(24-37(54)2)60(71)66-47(34-64(52)5)30-44-17-12-14-19-51(44)66)26-41(28-45)36-74-56-31-42-21-22-46-29-43-16-11-13-18-50(43)65(46)59(70)48(42)32-55(56)72-6/h7,11-14,16-19,24,26-28,31-33,38-39,46-47H,8-10,15,20-23,25,29-30,34-36H2,1-6H3,(H,62,68)(H,63,69)/t38-,39+,46-,47+/m1/s1. The average molecular weight is 1000 g/mol. The summed E-state index contributed by atoms with van der Waals surface area (Å²) in [5.41, 5.74) is 9.93. The number of methoxy groups -OCH3 is 1. The van der Waals surface area contributed by atoms with Gasteiger partial charge in [-0.3, -0.25) is 29.0 Å². The summed E-state index contributed by atoms with van der Waals surface area (Å²) in [6.45, 7) is 8.86. The van der Waals surface area contributed by atoms with Crippen LogP contribution in [0.15, 0.2) is 96.0 Å². The van der Waals surface area contributed by atoms with Crippen molar-refractivity contribution < 1.29 is 38.2 Å². The van der Waals surface area contributed by atoms with Crippen LogP contribution in [0.2, 0.25) is 0 Å². The van der Waals surface area contributed by atoms with E-state index in [2.05, 4.69) is 32.7 Å². The number of para-hydroxylation sites is 2. The first-order valence-corrected chi connectivity index (χ1v) is 26.2. The van der Waals surface area contributed by atoms with Crippen LogP contribution < -0.4 is 39.5 Å². The number of Topliss-reactive ketones (excluding diaryl/α,β-unsaturated/α-hetero) is 1. The van der Waals surface area contributed by atoms with Gasteiger partial charge in [0.2, 0.25) is 11.8 Å². The number of nitrogens with zero attached hydrogens (tertiary/aromatic N) is 4. The first-order valence-electron chi connectivity index (χ1n) is 26.2. The average Bonchev–Trinajstić information content (AvgIpc) is 3.90. The third kappa shape index (κ3) is 11.2. The molecule has 4 atom stereocenters. The van der Waals surface area contributed by atoms with Gasteiger partial charge in [0.1, 0.15) is 19.0 Å². The second-order valence-corrected chi connectivity index (χ2v) is 20.3. The number of ketones is 1. The van der Waals surface area contributed by atoms with Crippen LogP contribution in [0.5, 0.6) is 17.2 Å². The number of carbonyl (C=O) groups excluding carboxylic acids is 5. The van der Waals surface area contributed by atoms with Crippen molar-refractivity contribution in [3.05, 3.63) is 136 Å². The molecule has 0 saturated heterocycles. The summed E-state index contributed by atoms with van der Waals surface area (Å²) in [5, 5.41) is 5.86. The molecule has 14 heteroatoms. The lowest BCUT2D eigenvalue weighted by molar-refractivity contribution is -0.129. The number of rotatable bonds is 20. The summed E-state index contributed by atoms with van der Waals surface area (Å²) in [7, 11) is 3.57. The number of unbranched alkanes of at least 4 members (excludes halogenated alkanes) is 3. The van der Waals surface area contributed by atoms with Gasteiger partial charge in [-0.25, -0.2) is 0 Å². The topological polar surface area (TPSA) is 159 Å². The molecule has 0 saturated carbocycles. The Balaban J connectivity index is 0.915. The van der Waals surface area contributed by atoms with Crippen molar-refractivity contribution in [1.29, 1.82) is 0 Å². The molecule has 4 amide bonds. The molecule has 4 aliphatic rings. The summed E-state index contributed by atoms with van der Waals surface area (Å²) in [6, 6.07) is 28.7. The van der Waals surface area contributed by atoms with E-state index in [9.17, 15) is 24.0 Å². The highest BCUT2D eigenvalue weighted by Crippen LogP contribution is 2.42. The van der Waals surface area contributed by atoms with Gasteiger partial charge in [-0.05, 0) is 147 Å². The number of anilines is 4. The zero-order valence-corrected chi connectivity index (χ0v) is 43.5. The summed E-state index contributed by atoms with van der Waals surface area (Å²) in [4.78, 5) is 78.5. The zero-order chi connectivity index (χ0) is 52.0. The Morgan fingerprint density at radius 2 is 1.39 bits per heavy atom. The van der Waals surface area contributed by atoms with Crippen molar-refractivity contribution in [3.8, 4) is 17.2 Å². The van der Waals surface area contributed by atoms with Gasteiger partial charge in [-0.2, -0.15) is 0 Å². The second-order valence-electron chi connectivity index (χ2n) is 20.3. The summed E-state index contributed by atoms with van der Waals surface area (Å²) < 4.78 is 19.0. The van der Waals surface area contributed by atoms with Crippen molar-refractivity contribution in [2.75, 3.05) is 47.3 Å². The van der Waals surface area contributed by atoms with Crippen LogP contribution in [-0.2, 0) is 46.9 Å². The smallest absolute Gasteiger partial charge is 0.260 e. The first kappa shape index (κ1) is 51.4. The molecule has 0 aliphatic carbocycles. The maximum atomic E-state index is 14.2. The molecule has 14 nitrogen and oxygen atoms in total. The van der Waals surface area contributed by atoms with Gasteiger partial charge >= 0.3 is 0 Å². The predicted octanol–water partition coefficient (Wildman–Crippen LogP) is 9.78. The highest BCUT2D eigenvalue weighted by Gasteiger charge is 2.40. The summed E-state index contributed by atoms with van der Waals surface area (Å²) >= 11 is 0. The van der Waals surface area contributed by atoms with E-state index in [1.54, 1.807) is 33.2 Å². The molecule has 0 unspecified atom stereocenters. The van der Waals surface area contributed by atoms with E-state index in [1.807, 2.05) is 103 Å². The Hall–Kier alpha value is -7.48. The van der Waals surface area contributed by atoms with Crippen molar-refractivity contribution in [2.45, 2.75) is 123 Å². The quantitative estimate of drug-likeness (QED) is 0.0572. The number of likely N-dealkylation sites (N-methyl/N-ethyl adjacent to an activating group) is 1. The fraction of sp³-hybridized carbons (Fsp3) is 0.400. The lowest BCUT2D eigenvalue weighted by Gasteiger charge is -2.25. The number of nitrogens with one attached hydrogen (secondary N) is 2. The molecule has 0 radical (unpaired) electrons. The molecule has 0 bridgehead atoms. The fourth-order valence-corrected chi connectivity index (χ4v) is 11.0. The van der Waals surface area contributed by atoms with Crippen molar-refractivity contribution >= 4 is 58.4 Å². The zero-order valence-electron chi connectivity index (χ0n) is 43.5. The highest BCUT2D eigenvalue weighted by atomic mass is 16.5. The number of aliphatic imine (C=N–C) groups is 1. The van der Waals surface area contributed by atoms with Crippen LogP contribution in [0.3, 0.4) is 0 Å². The molecular weight excluding hydrogens is 933 g/mol. The minimum Gasteiger partial charge on any atom is -0.493 e. The van der Waals surface area contributed by atoms with E-state index in [1.165, 1.54) is 11.1 Å². The molecule has 2 N–H and O–H groups in total. The van der Waals surface area contributed by atoms with E-state index in [0.717, 1.165) is 90.8 Å². The number of ether oxygens (including phenoxy) is 3. The largest absolute Gasteiger partial charge is 0.493 e.